The molecule has 0 aliphatic carbocycles. The Morgan fingerprint density at radius 1 is 1.33 bits per heavy atom. The smallest absolute Gasteiger partial charge is 0.105 e. The first-order chi connectivity index (χ1) is 4.20. The summed E-state index contributed by atoms with van der Waals surface area (Å²) < 4.78 is 5.33. The van der Waals surface area contributed by atoms with Gasteiger partial charge in [0.25, 0.3) is 0 Å². The summed E-state index contributed by atoms with van der Waals surface area (Å²) in [5, 5.41) is 0. The number of hydrogen-bond donors (Lipinski definition) is 1. The minimum atomic E-state index is -0.0695. The standard InChI is InChI=1S/C7H17NO/c1-4-6(3)9-7(8)5-2/h6-7H,4-5,8H2,1-3H3. The van der Waals surface area contributed by atoms with Gasteiger partial charge in [-0.25, -0.2) is 0 Å². The predicted octanol–water partition coefficient (Wildman–Crippen LogP) is 1.50. The van der Waals surface area contributed by atoms with Gasteiger partial charge < -0.3 is 10.5 Å². The molecule has 9 heavy (non-hydrogen) atoms. The van der Waals surface area contributed by atoms with Gasteiger partial charge >= 0.3 is 0 Å². The lowest BCUT2D eigenvalue weighted by Gasteiger charge is -2.15. The third-order valence-electron chi connectivity index (χ3n) is 1.38. The van der Waals surface area contributed by atoms with Gasteiger partial charge in [0, 0.05) is 0 Å². The minimum absolute atomic E-state index is 0.0695. The Hall–Kier alpha value is -0.0800. The van der Waals surface area contributed by atoms with E-state index in [-0.39, 0.29) is 6.23 Å². The maximum Gasteiger partial charge on any atom is 0.105 e. The van der Waals surface area contributed by atoms with Gasteiger partial charge in [-0.15, -0.1) is 0 Å². The van der Waals surface area contributed by atoms with Gasteiger partial charge in [-0.1, -0.05) is 13.8 Å². The number of rotatable bonds is 4. The lowest BCUT2D eigenvalue weighted by atomic mass is 10.3. The highest BCUT2D eigenvalue weighted by Crippen LogP contribution is 1.99. The fraction of sp³-hybridized carbons (Fsp3) is 1.00. The molecule has 0 spiro atoms. The zero-order valence-electron chi connectivity index (χ0n) is 6.55. The lowest BCUT2D eigenvalue weighted by molar-refractivity contribution is -0.00174. The second-order valence-corrected chi connectivity index (χ2v) is 2.30. The van der Waals surface area contributed by atoms with Crippen molar-refractivity contribution in [2.75, 3.05) is 0 Å². The van der Waals surface area contributed by atoms with E-state index in [0.29, 0.717) is 6.10 Å². The van der Waals surface area contributed by atoms with Crippen molar-refractivity contribution in [3.05, 3.63) is 0 Å². The van der Waals surface area contributed by atoms with Crippen molar-refractivity contribution in [3.8, 4) is 0 Å². The van der Waals surface area contributed by atoms with Gasteiger partial charge in [0.05, 0.1) is 6.10 Å². The molecule has 2 atom stereocenters. The monoisotopic (exact) mass is 131 g/mol. The molecule has 56 valence electrons. The Morgan fingerprint density at radius 2 is 1.89 bits per heavy atom. The summed E-state index contributed by atoms with van der Waals surface area (Å²) in [6.45, 7) is 6.15. The van der Waals surface area contributed by atoms with Gasteiger partial charge in [0.2, 0.25) is 0 Å². The summed E-state index contributed by atoms with van der Waals surface area (Å²) >= 11 is 0. The van der Waals surface area contributed by atoms with E-state index in [9.17, 15) is 0 Å². The molecular formula is C7H17NO. The third kappa shape index (κ3) is 4.43. The van der Waals surface area contributed by atoms with Crippen molar-refractivity contribution in [1.82, 2.24) is 0 Å². The van der Waals surface area contributed by atoms with Gasteiger partial charge in [-0.3, -0.25) is 0 Å². The molecule has 2 heteroatoms. The Labute approximate surface area is 57.4 Å². The number of ether oxygens (including phenoxy) is 1. The van der Waals surface area contributed by atoms with Crippen LogP contribution in [0.1, 0.15) is 33.6 Å². The first kappa shape index (κ1) is 8.92. The number of nitrogens with two attached hydrogens (primary N) is 1. The summed E-state index contributed by atoms with van der Waals surface area (Å²) in [7, 11) is 0. The van der Waals surface area contributed by atoms with Crippen LogP contribution < -0.4 is 5.73 Å². The molecule has 0 saturated carbocycles. The molecule has 0 radical (unpaired) electrons. The highest BCUT2D eigenvalue weighted by atomic mass is 16.5. The second-order valence-electron chi connectivity index (χ2n) is 2.30. The van der Waals surface area contributed by atoms with E-state index in [1.807, 2.05) is 13.8 Å². The van der Waals surface area contributed by atoms with Crippen molar-refractivity contribution in [3.63, 3.8) is 0 Å². The Balaban J connectivity index is 3.22. The van der Waals surface area contributed by atoms with Crippen molar-refractivity contribution in [2.45, 2.75) is 45.9 Å². The fourth-order valence-electron chi connectivity index (χ4n) is 0.491. The van der Waals surface area contributed by atoms with Crippen LogP contribution >= 0.6 is 0 Å². The third-order valence-corrected chi connectivity index (χ3v) is 1.38. The molecule has 0 saturated heterocycles. The van der Waals surface area contributed by atoms with E-state index in [0.717, 1.165) is 12.8 Å². The first-order valence-corrected chi connectivity index (χ1v) is 3.61. The van der Waals surface area contributed by atoms with Crippen LogP contribution in [0.25, 0.3) is 0 Å². The SMILES string of the molecule is CCC(C)OC(N)CC. The molecule has 0 amide bonds. The molecule has 0 aromatic rings. The number of hydrogen-bond acceptors (Lipinski definition) is 2. The molecule has 2 N–H and O–H groups in total. The van der Waals surface area contributed by atoms with Crippen LogP contribution in [0, 0.1) is 0 Å². The molecule has 0 aromatic carbocycles. The van der Waals surface area contributed by atoms with Crippen molar-refractivity contribution < 1.29 is 4.74 Å². The Kier molecular flexibility index (Phi) is 4.72. The van der Waals surface area contributed by atoms with Crippen LogP contribution in [0.15, 0.2) is 0 Å². The Bertz CT molecular complexity index is 57.9. The average Bonchev–Trinajstić information content (AvgIpc) is 1.87. The largest absolute Gasteiger partial charge is 0.361 e. The van der Waals surface area contributed by atoms with Gasteiger partial charge in [0.1, 0.15) is 6.23 Å². The highest BCUT2D eigenvalue weighted by Gasteiger charge is 2.02. The summed E-state index contributed by atoms with van der Waals surface area (Å²) in [6, 6.07) is 0. The molecule has 0 fully saturated rings. The van der Waals surface area contributed by atoms with Crippen LogP contribution in [0.4, 0.5) is 0 Å². The zero-order chi connectivity index (χ0) is 7.28. The lowest BCUT2D eigenvalue weighted by Crippen LogP contribution is -2.26. The maximum atomic E-state index is 5.53. The molecule has 0 aromatic heterocycles. The van der Waals surface area contributed by atoms with E-state index in [4.69, 9.17) is 10.5 Å². The first-order valence-electron chi connectivity index (χ1n) is 3.61. The predicted molar refractivity (Wildman–Crippen MR) is 39.1 cm³/mol. The van der Waals surface area contributed by atoms with E-state index in [1.54, 1.807) is 0 Å². The van der Waals surface area contributed by atoms with Crippen LogP contribution in [-0.2, 0) is 4.74 Å². The average molecular weight is 131 g/mol. The summed E-state index contributed by atoms with van der Waals surface area (Å²) in [4.78, 5) is 0. The molecule has 2 nitrogen and oxygen atoms in total. The summed E-state index contributed by atoms with van der Waals surface area (Å²) in [5.74, 6) is 0. The van der Waals surface area contributed by atoms with Crippen LogP contribution in [-0.4, -0.2) is 12.3 Å². The topological polar surface area (TPSA) is 35.2 Å². The van der Waals surface area contributed by atoms with Gasteiger partial charge in [-0.05, 0) is 19.8 Å². The van der Waals surface area contributed by atoms with Gasteiger partial charge in [-0.2, -0.15) is 0 Å². The summed E-state index contributed by atoms with van der Waals surface area (Å²) in [5.41, 5.74) is 5.53. The normalized spacial score (nSPS) is 17.3. The van der Waals surface area contributed by atoms with Gasteiger partial charge in [0.15, 0.2) is 0 Å². The zero-order valence-corrected chi connectivity index (χ0v) is 6.55. The molecule has 0 bridgehead atoms. The fourth-order valence-corrected chi connectivity index (χ4v) is 0.491. The van der Waals surface area contributed by atoms with Crippen molar-refractivity contribution in [2.24, 2.45) is 5.73 Å². The van der Waals surface area contributed by atoms with E-state index in [2.05, 4.69) is 6.92 Å². The van der Waals surface area contributed by atoms with Crippen LogP contribution in [0.5, 0.6) is 0 Å². The molecule has 2 unspecified atom stereocenters. The van der Waals surface area contributed by atoms with E-state index in [1.165, 1.54) is 0 Å². The van der Waals surface area contributed by atoms with Crippen molar-refractivity contribution >= 4 is 0 Å². The molecule has 0 rings (SSSR count). The van der Waals surface area contributed by atoms with Crippen LogP contribution in [0.3, 0.4) is 0 Å². The van der Waals surface area contributed by atoms with Crippen LogP contribution in [0.2, 0.25) is 0 Å². The molecule has 0 heterocycles. The maximum absolute atomic E-state index is 5.53. The van der Waals surface area contributed by atoms with Crippen molar-refractivity contribution in [1.29, 1.82) is 0 Å². The molecule has 0 aliphatic rings. The summed E-state index contributed by atoms with van der Waals surface area (Å²) in [6.07, 6.45) is 2.16. The van der Waals surface area contributed by atoms with E-state index >= 15 is 0 Å². The molecular weight excluding hydrogens is 114 g/mol. The quantitative estimate of drug-likeness (QED) is 0.587. The molecule has 0 aliphatic heterocycles. The Morgan fingerprint density at radius 3 is 2.22 bits per heavy atom. The highest BCUT2D eigenvalue weighted by molar-refractivity contribution is 4.48. The second kappa shape index (κ2) is 4.77. The minimum Gasteiger partial charge on any atom is -0.361 e. The van der Waals surface area contributed by atoms with E-state index < -0.39 is 0 Å².